The van der Waals surface area contributed by atoms with Crippen LogP contribution >= 0.6 is 0 Å². The number of hydrogen-bond acceptors (Lipinski definition) is 7. The third kappa shape index (κ3) is 3.01. The molecule has 7 nitrogen and oxygen atoms in total. The van der Waals surface area contributed by atoms with E-state index >= 15 is 0 Å². The normalized spacial score (nSPS) is 26.7. The van der Waals surface area contributed by atoms with E-state index in [0.29, 0.717) is 11.3 Å². The number of fused-ring (bicyclic) bond motifs is 3. The molecule has 0 amide bonds. The molecule has 1 fully saturated rings. The van der Waals surface area contributed by atoms with Crippen molar-refractivity contribution in [2.75, 3.05) is 27.4 Å². The second-order valence-corrected chi connectivity index (χ2v) is 7.39. The predicted octanol–water partition coefficient (Wildman–Crippen LogP) is 2.60. The first kappa shape index (κ1) is 20.2. The van der Waals surface area contributed by atoms with Gasteiger partial charge < -0.3 is 18.9 Å². The highest BCUT2D eigenvalue weighted by Crippen LogP contribution is 2.53. The molecule has 2 aromatic rings. The zero-order valence-electron chi connectivity index (χ0n) is 17.2. The molecule has 0 unspecified atom stereocenters. The summed E-state index contributed by atoms with van der Waals surface area (Å²) in [6.07, 6.45) is 0. The Hall–Kier alpha value is -3.06. The minimum absolute atomic E-state index is 0.212. The molecule has 4 atom stereocenters. The number of nitrogens with one attached hydrogen (secondary N) is 1. The standard InChI is InChI=1S/C23H25NO6/c1-4-29-21(25)19-17-13-30-18-8-6-5-7-16(18)20(17)24-23(19,22(26)28-3)14-9-11-15(27-2)12-10-14/h5-12,17,19-20,24H,4,13H2,1-3H3/t17-,19+,20+,23+/m0/s1. The van der Waals surface area contributed by atoms with Gasteiger partial charge in [-0.2, -0.15) is 0 Å². The summed E-state index contributed by atoms with van der Waals surface area (Å²) in [5, 5.41) is 3.46. The van der Waals surface area contributed by atoms with Crippen LogP contribution in [0.4, 0.5) is 0 Å². The third-order valence-corrected chi connectivity index (χ3v) is 5.98. The second-order valence-electron chi connectivity index (χ2n) is 7.39. The Balaban J connectivity index is 1.89. The van der Waals surface area contributed by atoms with E-state index in [2.05, 4.69) is 5.32 Å². The van der Waals surface area contributed by atoms with Crippen LogP contribution in [0.15, 0.2) is 48.5 Å². The largest absolute Gasteiger partial charge is 0.497 e. The molecule has 0 saturated carbocycles. The summed E-state index contributed by atoms with van der Waals surface area (Å²) in [6, 6.07) is 14.4. The van der Waals surface area contributed by atoms with Gasteiger partial charge in [-0.3, -0.25) is 10.1 Å². The molecule has 4 rings (SSSR count). The van der Waals surface area contributed by atoms with Crippen molar-refractivity contribution < 1.29 is 28.5 Å². The number of carbonyl (C=O) groups excluding carboxylic acids is 2. The van der Waals surface area contributed by atoms with Gasteiger partial charge in [-0.15, -0.1) is 0 Å². The number of methoxy groups -OCH3 is 2. The molecule has 2 aromatic carbocycles. The predicted molar refractivity (Wildman–Crippen MR) is 108 cm³/mol. The number of carbonyl (C=O) groups is 2. The van der Waals surface area contributed by atoms with E-state index in [-0.39, 0.29) is 25.2 Å². The molecule has 158 valence electrons. The fourth-order valence-corrected chi connectivity index (χ4v) is 4.68. The highest BCUT2D eigenvalue weighted by atomic mass is 16.5. The van der Waals surface area contributed by atoms with Crippen LogP contribution in [0.5, 0.6) is 11.5 Å². The Labute approximate surface area is 175 Å². The first-order valence-corrected chi connectivity index (χ1v) is 9.95. The Morgan fingerprint density at radius 3 is 2.53 bits per heavy atom. The molecule has 2 aliphatic rings. The minimum atomic E-state index is -1.41. The van der Waals surface area contributed by atoms with Crippen LogP contribution in [0.3, 0.4) is 0 Å². The zero-order chi connectivity index (χ0) is 21.3. The van der Waals surface area contributed by atoms with Crippen molar-refractivity contribution in [2.24, 2.45) is 11.8 Å². The molecule has 0 aliphatic carbocycles. The lowest BCUT2D eigenvalue weighted by Gasteiger charge is -2.33. The first-order chi connectivity index (χ1) is 14.6. The maximum absolute atomic E-state index is 13.3. The van der Waals surface area contributed by atoms with Gasteiger partial charge in [0.25, 0.3) is 0 Å². The van der Waals surface area contributed by atoms with Gasteiger partial charge in [0, 0.05) is 17.5 Å². The molecule has 0 spiro atoms. The monoisotopic (exact) mass is 411 g/mol. The maximum Gasteiger partial charge on any atom is 0.331 e. The van der Waals surface area contributed by atoms with Gasteiger partial charge >= 0.3 is 11.9 Å². The highest BCUT2D eigenvalue weighted by Gasteiger charge is 2.64. The van der Waals surface area contributed by atoms with E-state index in [0.717, 1.165) is 11.3 Å². The van der Waals surface area contributed by atoms with Crippen LogP contribution in [0.25, 0.3) is 0 Å². The van der Waals surface area contributed by atoms with Gasteiger partial charge in [0.15, 0.2) is 5.54 Å². The second kappa shape index (κ2) is 7.99. The maximum atomic E-state index is 13.3. The number of rotatable bonds is 5. The van der Waals surface area contributed by atoms with Crippen molar-refractivity contribution in [3.8, 4) is 11.5 Å². The molecular formula is C23H25NO6. The number of para-hydroxylation sites is 1. The van der Waals surface area contributed by atoms with Crippen molar-refractivity contribution in [2.45, 2.75) is 18.5 Å². The van der Waals surface area contributed by atoms with Gasteiger partial charge in [-0.25, -0.2) is 4.79 Å². The average molecular weight is 411 g/mol. The van der Waals surface area contributed by atoms with E-state index in [4.69, 9.17) is 18.9 Å². The van der Waals surface area contributed by atoms with Gasteiger partial charge in [-0.05, 0) is 30.7 Å². The van der Waals surface area contributed by atoms with Crippen molar-refractivity contribution >= 4 is 11.9 Å². The van der Waals surface area contributed by atoms with Crippen molar-refractivity contribution in [3.63, 3.8) is 0 Å². The van der Waals surface area contributed by atoms with E-state index in [1.807, 2.05) is 24.3 Å². The summed E-state index contributed by atoms with van der Waals surface area (Å²) in [5.74, 6) is -0.740. The van der Waals surface area contributed by atoms with E-state index in [9.17, 15) is 9.59 Å². The number of benzene rings is 2. The third-order valence-electron chi connectivity index (χ3n) is 5.98. The van der Waals surface area contributed by atoms with Crippen LogP contribution in [0, 0.1) is 11.8 Å². The van der Waals surface area contributed by atoms with E-state index in [1.54, 1.807) is 38.3 Å². The smallest absolute Gasteiger partial charge is 0.331 e. The molecule has 30 heavy (non-hydrogen) atoms. The lowest BCUT2D eigenvalue weighted by molar-refractivity contribution is -0.162. The number of esters is 2. The highest BCUT2D eigenvalue weighted by molar-refractivity contribution is 5.91. The first-order valence-electron chi connectivity index (χ1n) is 9.95. The van der Waals surface area contributed by atoms with Crippen LogP contribution in [0.1, 0.15) is 24.1 Å². The van der Waals surface area contributed by atoms with Crippen molar-refractivity contribution in [1.29, 1.82) is 0 Å². The molecule has 2 aliphatic heterocycles. The molecule has 2 heterocycles. The number of ether oxygens (including phenoxy) is 4. The summed E-state index contributed by atoms with van der Waals surface area (Å²) in [4.78, 5) is 26.5. The summed E-state index contributed by atoms with van der Waals surface area (Å²) in [6.45, 7) is 2.24. The van der Waals surface area contributed by atoms with Crippen LogP contribution in [-0.4, -0.2) is 39.4 Å². The van der Waals surface area contributed by atoms with Crippen LogP contribution in [0.2, 0.25) is 0 Å². The quantitative estimate of drug-likeness (QED) is 0.757. The molecule has 1 N–H and O–H groups in total. The van der Waals surface area contributed by atoms with Gasteiger partial charge in [-0.1, -0.05) is 30.3 Å². The summed E-state index contributed by atoms with van der Waals surface area (Å²) < 4.78 is 21.8. The Bertz CT molecular complexity index is 943. The Kier molecular flexibility index (Phi) is 5.39. The topological polar surface area (TPSA) is 83.1 Å². The average Bonchev–Trinajstić information content (AvgIpc) is 3.15. The summed E-state index contributed by atoms with van der Waals surface area (Å²) >= 11 is 0. The molecular weight excluding hydrogens is 386 g/mol. The molecule has 0 bridgehead atoms. The van der Waals surface area contributed by atoms with Gasteiger partial charge in [0.2, 0.25) is 0 Å². The summed E-state index contributed by atoms with van der Waals surface area (Å²) in [5.41, 5.74) is 0.103. The Morgan fingerprint density at radius 2 is 1.87 bits per heavy atom. The van der Waals surface area contributed by atoms with E-state index < -0.39 is 23.4 Å². The van der Waals surface area contributed by atoms with E-state index in [1.165, 1.54) is 7.11 Å². The fraction of sp³-hybridized carbons (Fsp3) is 0.391. The molecule has 0 aromatic heterocycles. The fourth-order valence-electron chi connectivity index (χ4n) is 4.68. The molecule has 7 heteroatoms. The minimum Gasteiger partial charge on any atom is -0.497 e. The lowest BCUT2D eigenvalue weighted by Crippen LogP contribution is -2.53. The van der Waals surface area contributed by atoms with Crippen molar-refractivity contribution in [1.82, 2.24) is 5.32 Å². The molecule has 1 saturated heterocycles. The van der Waals surface area contributed by atoms with Crippen molar-refractivity contribution in [3.05, 3.63) is 59.7 Å². The summed E-state index contributed by atoms with van der Waals surface area (Å²) in [7, 11) is 2.90. The molecule has 0 radical (unpaired) electrons. The van der Waals surface area contributed by atoms with Crippen LogP contribution < -0.4 is 14.8 Å². The van der Waals surface area contributed by atoms with Gasteiger partial charge in [0.05, 0.1) is 33.4 Å². The lowest BCUT2D eigenvalue weighted by atomic mass is 9.74. The SMILES string of the molecule is CCOC(=O)[C@H]1[C@@H]2COc3ccccc3[C@H]2N[C@]1(C(=O)OC)c1ccc(OC)cc1. The Morgan fingerprint density at radius 1 is 1.13 bits per heavy atom. The van der Waals surface area contributed by atoms with Gasteiger partial charge in [0.1, 0.15) is 11.5 Å². The number of hydrogen-bond donors (Lipinski definition) is 1. The van der Waals surface area contributed by atoms with Crippen LogP contribution in [-0.2, 0) is 24.6 Å². The zero-order valence-corrected chi connectivity index (χ0v) is 17.2.